The van der Waals surface area contributed by atoms with Crippen LogP contribution in [0.2, 0.25) is 0 Å². The van der Waals surface area contributed by atoms with E-state index in [1.54, 1.807) is 0 Å². The number of nitrogens with zero attached hydrogens (tertiary/aromatic N) is 2. The Morgan fingerprint density at radius 2 is 1.18 bits per heavy atom. The van der Waals surface area contributed by atoms with E-state index >= 15 is 0 Å². The number of fused-ring (bicyclic) bond motifs is 4. The maximum Gasteiger partial charge on any atom is 0.445 e. The lowest BCUT2D eigenvalue weighted by Gasteiger charge is -2.61. The Balaban J connectivity index is 1.02. The summed E-state index contributed by atoms with van der Waals surface area (Å²) in [6.45, 7) is 13.0. The van der Waals surface area contributed by atoms with Crippen LogP contribution in [-0.2, 0) is 43.3 Å². The van der Waals surface area contributed by atoms with Crippen molar-refractivity contribution in [3.63, 3.8) is 0 Å². The molecule has 8 heterocycles. The monoisotopic (exact) mass is 786 g/mol. The number of anilines is 2. The number of ether oxygens (including phenoxy) is 4. The molecule has 12 heteroatoms. The second-order valence-electron chi connectivity index (χ2n) is 18.9. The van der Waals surface area contributed by atoms with Gasteiger partial charge in [0.1, 0.15) is 6.10 Å². The van der Waals surface area contributed by atoms with E-state index in [4.69, 9.17) is 48.5 Å². The van der Waals surface area contributed by atoms with Gasteiger partial charge in [0, 0.05) is 31.1 Å². The van der Waals surface area contributed by atoms with E-state index in [1.165, 1.54) is 4.90 Å². The Kier molecular flexibility index (Phi) is 9.45. The fourth-order valence-corrected chi connectivity index (χ4v) is 12.6. The Bertz CT molecular complexity index is 1810. The molecule has 308 valence electrons. The minimum atomic E-state index is -0.934. The Morgan fingerprint density at radius 3 is 1.72 bits per heavy atom. The van der Waals surface area contributed by atoms with Gasteiger partial charge in [-0.1, -0.05) is 69.2 Å². The molecule has 12 nitrogen and oxygen atoms in total. The third-order valence-corrected chi connectivity index (χ3v) is 15.6. The summed E-state index contributed by atoms with van der Waals surface area (Å²) in [4.78, 5) is 47.1. The van der Waals surface area contributed by atoms with Crippen LogP contribution in [-0.4, -0.2) is 59.4 Å². The minimum absolute atomic E-state index is 0.0443. The number of carbonyl (C=O) groups excluding carboxylic acids is 1. The van der Waals surface area contributed by atoms with E-state index < -0.39 is 47.6 Å². The summed E-state index contributed by atoms with van der Waals surface area (Å²) in [5, 5.41) is 4.83. The molecule has 0 radical (unpaired) electrons. The van der Waals surface area contributed by atoms with E-state index in [2.05, 4.69) is 27.7 Å². The molecule has 10 fully saturated rings. The molecule has 16 atom stereocenters. The van der Waals surface area contributed by atoms with E-state index in [1.807, 2.05) is 74.5 Å². The van der Waals surface area contributed by atoms with Gasteiger partial charge in [-0.05, 0) is 112 Å². The quantitative estimate of drug-likeness (QED) is 0.122. The molecular weight excluding hydrogens is 728 g/mol. The highest BCUT2D eigenvalue weighted by Crippen LogP contribution is 2.63. The van der Waals surface area contributed by atoms with Gasteiger partial charge in [-0.2, -0.15) is 0 Å². The van der Waals surface area contributed by atoms with Crippen molar-refractivity contribution in [2.45, 2.75) is 147 Å². The van der Waals surface area contributed by atoms with Crippen LogP contribution in [0, 0.1) is 47.3 Å². The summed E-state index contributed by atoms with van der Waals surface area (Å²) in [5.74, 6) is -0.352. The summed E-state index contributed by atoms with van der Waals surface area (Å²) in [5.41, 5.74) is 0.466. The normalized spacial score (nSPS) is 47.2. The van der Waals surface area contributed by atoms with Gasteiger partial charge in [0.2, 0.25) is 11.6 Å². The number of hydrogen-bond donors (Lipinski definition) is 0. The number of benzene rings is 2. The highest BCUT2D eigenvalue weighted by molar-refractivity contribution is 5.97. The maximum absolute atomic E-state index is 14.3. The van der Waals surface area contributed by atoms with E-state index in [-0.39, 0.29) is 41.6 Å². The second kappa shape index (κ2) is 14.1. The number of oxime groups is 1. The van der Waals surface area contributed by atoms with Crippen molar-refractivity contribution in [3.05, 3.63) is 60.7 Å². The van der Waals surface area contributed by atoms with Gasteiger partial charge >= 0.3 is 6.09 Å². The first-order valence-electron chi connectivity index (χ1n) is 21.5. The van der Waals surface area contributed by atoms with Gasteiger partial charge in [0.05, 0.1) is 23.2 Å². The lowest BCUT2D eigenvalue weighted by molar-refractivity contribution is -0.571. The Morgan fingerprint density at radius 1 is 0.667 bits per heavy atom. The number of hydrogen-bond acceptors (Lipinski definition) is 11. The van der Waals surface area contributed by atoms with Gasteiger partial charge in [0.25, 0.3) is 0 Å². The van der Waals surface area contributed by atoms with Crippen LogP contribution >= 0.6 is 0 Å². The SMILES string of the molecule is C[C@H]1[C@@H](/C(C[C@H]2O[C@@H]3O[C@]4(C)CC[C@H]5[C@H](C)CC[C@@H]([C@H]2C)C35OO4)=N\OC(=O)N(c2ccccc2)c2ccccc2)O[C@@H]2O[C@]3(C)CC[C@H]4[C@H](C)CC[C@@H]1C24OO3. The smallest absolute Gasteiger partial charge is 0.345 e. The van der Waals surface area contributed by atoms with Crippen molar-refractivity contribution < 1.29 is 48.1 Å². The van der Waals surface area contributed by atoms with Gasteiger partial charge in [-0.25, -0.2) is 29.2 Å². The van der Waals surface area contributed by atoms with Gasteiger partial charge < -0.3 is 18.9 Å². The van der Waals surface area contributed by atoms with E-state index in [0.717, 1.165) is 44.9 Å². The van der Waals surface area contributed by atoms with Crippen LogP contribution in [0.1, 0.15) is 99.3 Å². The second-order valence-corrected chi connectivity index (χ2v) is 18.9. The average Bonchev–Trinajstić information content (AvgIpc) is 3.59. The molecule has 1 amide bonds. The largest absolute Gasteiger partial charge is 0.445 e. The molecule has 2 aromatic rings. The number of para-hydroxylation sites is 2. The molecule has 2 saturated carbocycles. The van der Waals surface area contributed by atoms with Gasteiger partial charge in [-0.3, -0.25) is 4.84 Å². The minimum Gasteiger partial charge on any atom is -0.345 e. The predicted octanol–water partition coefficient (Wildman–Crippen LogP) is 9.21. The lowest BCUT2D eigenvalue weighted by atomic mass is 9.56. The zero-order valence-electron chi connectivity index (χ0n) is 34.0. The van der Waals surface area contributed by atoms with Crippen LogP contribution < -0.4 is 4.90 Å². The average molecular weight is 787 g/mol. The first kappa shape index (κ1) is 38.3. The maximum atomic E-state index is 14.3. The molecule has 57 heavy (non-hydrogen) atoms. The third-order valence-electron chi connectivity index (χ3n) is 15.6. The van der Waals surface area contributed by atoms with Gasteiger partial charge in [0.15, 0.2) is 23.8 Å². The van der Waals surface area contributed by atoms with Gasteiger partial charge in [-0.15, -0.1) is 0 Å². The van der Waals surface area contributed by atoms with E-state index in [0.29, 0.717) is 41.8 Å². The molecule has 2 unspecified atom stereocenters. The lowest BCUT2D eigenvalue weighted by Crippen LogP contribution is -2.71. The highest BCUT2D eigenvalue weighted by Gasteiger charge is 2.71. The molecular formula is C45H58N2O10. The van der Waals surface area contributed by atoms with Crippen LogP contribution in [0.5, 0.6) is 0 Å². The summed E-state index contributed by atoms with van der Waals surface area (Å²) >= 11 is 0. The molecule has 0 N–H and O–H groups in total. The molecule has 2 aromatic carbocycles. The van der Waals surface area contributed by atoms with E-state index in [9.17, 15) is 4.79 Å². The topological polar surface area (TPSA) is 116 Å². The molecule has 0 aromatic heterocycles. The Hall–Kier alpha value is -2.94. The summed E-state index contributed by atoms with van der Waals surface area (Å²) < 4.78 is 27.8. The molecule has 12 rings (SSSR count). The number of carbonyl (C=O) groups is 1. The molecule has 4 bridgehead atoms. The van der Waals surface area contributed by atoms with Crippen molar-refractivity contribution in [1.82, 2.24) is 0 Å². The zero-order chi connectivity index (χ0) is 39.3. The fourth-order valence-electron chi connectivity index (χ4n) is 12.6. The number of amides is 1. The van der Waals surface area contributed by atoms with Crippen molar-refractivity contribution in [2.75, 3.05) is 4.90 Å². The fraction of sp³-hybridized carbons (Fsp3) is 0.689. The Labute approximate surface area is 335 Å². The van der Waals surface area contributed by atoms with Crippen molar-refractivity contribution >= 4 is 23.2 Å². The van der Waals surface area contributed by atoms with Crippen LogP contribution in [0.3, 0.4) is 0 Å². The summed E-state index contributed by atoms with van der Waals surface area (Å²) in [6.07, 6.45) is 4.91. The predicted molar refractivity (Wildman–Crippen MR) is 207 cm³/mol. The summed E-state index contributed by atoms with van der Waals surface area (Å²) in [7, 11) is 0. The third kappa shape index (κ3) is 5.98. The van der Waals surface area contributed by atoms with Crippen LogP contribution in [0.15, 0.2) is 65.8 Å². The van der Waals surface area contributed by atoms with Crippen molar-refractivity contribution in [2.24, 2.45) is 52.5 Å². The molecule has 8 saturated heterocycles. The number of rotatable bonds is 6. The molecule has 10 aliphatic rings. The van der Waals surface area contributed by atoms with Crippen LogP contribution in [0.25, 0.3) is 0 Å². The first-order chi connectivity index (χ1) is 27.4. The standard InChI is InChI=1S/C45H58N2O10/c1-26-17-19-34-28(3)37(49-39-44(34)32(26)21-23-42(5,51-39)54-56-44)25-36(46-53-41(48)47(30-13-9-7-10-14-30)31-15-11-8-12-16-31)38-29(4)35-20-18-27(2)33-22-24-43(6)52-40(50-38)45(33,35)57-55-43/h7-16,26-29,32-35,37-40H,17-25H2,1-6H3/b46-36-/t26-,27-,28-,29-,32+,33+,34+,35+,37-,38+,39-,40-,42+,43+,44?,45?/m1/s1. The molecule has 8 aliphatic heterocycles. The van der Waals surface area contributed by atoms with Crippen LogP contribution in [0.4, 0.5) is 16.2 Å². The van der Waals surface area contributed by atoms with Crippen molar-refractivity contribution in [3.8, 4) is 0 Å². The van der Waals surface area contributed by atoms with Crippen molar-refractivity contribution in [1.29, 1.82) is 0 Å². The summed E-state index contributed by atoms with van der Waals surface area (Å²) in [6, 6.07) is 18.9. The zero-order valence-corrected chi connectivity index (χ0v) is 34.0. The molecule has 2 spiro atoms. The highest BCUT2D eigenvalue weighted by atomic mass is 17.3. The first-order valence-corrected chi connectivity index (χ1v) is 21.5. The molecule has 2 aliphatic carbocycles.